The fraction of sp³-hybridized carbons (Fsp3) is 0.0625. The standard InChI is InChI=1S/C64H44N2/c1-63(2)57-25-13-9-21-51(57)53-39-37-50(42-60(53)63)65(47-33-29-43(30-34-47)44-31-35-48(36-32-44)66-61-27-15-11-23-54(61)55-24-12-16-28-62(55)66)49-38-40-59-56(41-49)52-22-10-14-26-58(52)64(59,45-17-5-3-6-18-45)46-19-7-4-8-20-46/h3-11,13-23,25-42H,1-2H3. The van der Waals surface area contributed by atoms with Crippen LogP contribution < -0.4 is 4.90 Å². The van der Waals surface area contributed by atoms with Crippen molar-refractivity contribution in [1.29, 1.82) is 0 Å². The van der Waals surface area contributed by atoms with E-state index in [1.807, 2.05) is 6.07 Å². The molecule has 1 aromatic heterocycles. The number of fused-ring (bicyclic) bond motifs is 9. The second-order valence-electron chi connectivity index (χ2n) is 18.3. The molecule has 0 N–H and O–H groups in total. The number of rotatable bonds is 7. The summed E-state index contributed by atoms with van der Waals surface area (Å²) < 4.78 is 2.33. The first-order valence-electron chi connectivity index (χ1n) is 22.9. The number of aromatic nitrogens is 1. The lowest BCUT2D eigenvalue weighted by Crippen LogP contribution is -2.28. The van der Waals surface area contributed by atoms with Gasteiger partial charge in [-0.2, -0.15) is 0 Å². The summed E-state index contributed by atoms with van der Waals surface area (Å²) in [5.74, 6) is 0. The Morgan fingerprint density at radius 3 is 1.68 bits per heavy atom. The van der Waals surface area contributed by atoms with E-state index in [1.165, 1.54) is 77.7 Å². The van der Waals surface area contributed by atoms with Crippen molar-refractivity contribution in [3.63, 3.8) is 0 Å². The van der Waals surface area contributed by atoms with Crippen LogP contribution in [-0.4, -0.2) is 4.57 Å². The molecular formula is C64H44N2. The van der Waals surface area contributed by atoms with Crippen molar-refractivity contribution in [2.75, 3.05) is 4.90 Å². The van der Waals surface area contributed by atoms with Crippen molar-refractivity contribution >= 4 is 38.9 Å². The fourth-order valence-electron chi connectivity index (χ4n) is 11.5. The molecule has 2 aliphatic carbocycles. The van der Waals surface area contributed by atoms with Crippen LogP contribution in [-0.2, 0) is 10.8 Å². The second kappa shape index (κ2) is 14.6. The Bertz CT molecular complexity index is 3560. The van der Waals surface area contributed by atoms with Crippen molar-refractivity contribution in [2.24, 2.45) is 0 Å². The summed E-state index contributed by atoms with van der Waals surface area (Å²) in [5.41, 5.74) is 21.5. The number of benzene rings is 9. The monoisotopic (exact) mass is 840 g/mol. The van der Waals surface area contributed by atoms with Crippen LogP contribution in [0.5, 0.6) is 0 Å². The van der Waals surface area contributed by atoms with Crippen LogP contribution in [0.4, 0.5) is 17.1 Å². The molecule has 0 aliphatic heterocycles. The lowest BCUT2D eigenvalue weighted by molar-refractivity contribution is 0.660. The first-order valence-corrected chi connectivity index (χ1v) is 22.9. The first-order chi connectivity index (χ1) is 32.5. The molecule has 0 saturated heterocycles. The lowest BCUT2D eigenvalue weighted by atomic mass is 9.68. The predicted octanol–water partition coefficient (Wildman–Crippen LogP) is 16.2. The van der Waals surface area contributed by atoms with Crippen molar-refractivity contribution < 1.29 is 0 Å². The van der Waals surface area contributed by atoms with Gasteiger partial charge in [0.2, 0.25) is 0 Å². The van der Waals surface area contributed by atoms with Crippen molar-refractivity contribution in [3.05, 3.63) is 276 Å². The summed E-state index contributed by atoms with van der Waals surface area (Å²) in [7, 11) is 0. The minimum absolute atomic E-state index is 0.138. The zero-order valence-electron chi connectivity index (χ0n) is 36.8. The maximum Gasteiger partial charge on any atom is 0.0713 e. The molecule has 0 spiro atoms. The zero-order chi connectivity index (χ0) is 44.0. The van der Waals surface area contributed by atoms with E-state index >= 15 is 0 Å². The van der Waals surface area contributed by atoms with Crippen LogP contribution in [0, 0.1) is 12.1 Å². The topological polar surface area (TPSA) is 8.17 Å². The van der Waals surface area contributed by atoms with Gasteiger partial charge in [-0.1, -0.05) is 190 Å². The molecule has 2 aliphatic rings. The maximum atomic E-state index is 3.36. The molecule has 0 radical (unpaired) electrons. The van der Waals surface area contributed by atoms with E-state index in [0.717, 1.165) is 33.7 Å². The number of hydrogen-bond donors (Lipinski definition) is 0. The molecule has 310 valence electrons. The molecule has 0 saturated carbocycles. The molecular weight excluding hydrogens is 797 g/mol. The van der Waals surface area contributed by atoms with Gasteiger partial charge in [0.05, 0.1) is 21.8 Å². The van der Waals surface area contributed by atoms with Crippen LogP contribution in [0.2, 0.25) is 0 Å². The Morgan fingerprint density at radius 1 is 0.409 bits per heavy atom. The largest absolute Gasteiger partial charge is 0.310 e. The normalized spacial score (nSPS) is 13.7. The summed E-state index contributed by atoms with van der Waals surface area (Å²) in [6.45, 7) is 4.73. The van der Waals surface area contributed by atoms with Gasteiger partial charge in [0.25, 0.3) is 0 Å². The molecule has 13 rings (SSSR count). The first kappa shape index (κ1) is 38.1. The van der Waals surface area contributed by atoms with E-state index in [0.29, 0.717) is 0 Å². The molecule has 0 atom stereocenters. The van der Waals surface area contributed by atoms with Gasteiger partial charge in [-0.3, -0.25) is 0 Å². The van der Waals surface area contributed by atoms with E-state index in [9.17, 15) is 0 Å². The Kier molecular flexibility index (Phi) is 8.42. The average Bonchev–Trinajstić information content (AvgIpc) is 3.96. The van der Waals surface area contributed by atoms with Crippen molar-refractivity contribution in [2.45, 2.75) is 24.7 Å². The predicted molar refractivity (Wildman–Crippen MR) is 273 cm³/mol. The Balaban J connectivity index is 0.949. The molecule has 0 unspecified atom stereocenters. The SMILES string of the molecule is CC1(C)c2ccccc2-c2ccc(N(c3ccc(-c4ccc(-n5c6ccc#cc6c6ccccc65)cc4)cc3)c3ccc4c(c3)-c3ccccc3C4(c3ccccc3)c3ccccc3)cc21. The van der Waals surface area contributed by atoms with Crippen LogP contribution >= 0.6 is 0 Å². The van der Waals surface area contributed by atoms with Gasteiger partial charge >= 0.3 is 0 Å². The summed E-state index contributed by atoms with van der Waals surface area (Å²) in [5, 5.41) is 2.28. The lowest BCUT2D eigenvalue weighted by Gasteiger charge is -2.34. The third kappa shape index (κ3) is 5.50. The Labute approximate surface area is 386 Å². The van der Waals surface area contributed by atoms with Gasteiger partial charge < -0.3 is 9.47 Å². The number of para-hydroxylation sites is 1. The van der Waals surface area contributed by atoms with Crippen LogP contribution in [0.15, 0.2) is 231 Å². The van der Waals surface area contributed by atoms with E-state index in [2.05, 4.69) is 260 Å². The van der Waals surface area contributed by atoms with E-state index < -0.39 is 5.41 Å². The van der Waals surface area contributed by atoms with Crippen LogP contribution in [0.1, 0.15) is 47.2 Å². The highest BCUT2D eigenvalue weighted by molar-refractivity contribution is 6.08. The molecule has 1 heterocycles. The second-order valence-corrected chi connectivity index (χ2v) is 18.3. The third-order valence-electron chi connectivity index (χ3n) is 14.5. The molecule has 11 aromatic rings. The molecule has 2 heteroatoms. The molecule has 0 amide bonds. The Hall–Kier alpha value is -8.38. The van der Waals surface area contributed by atoms with E-state index in [-0.39, 0.29) is 5.41 Å². The van der Waals surface area contributed by atoms with E-state index in [4.69, 9.17) is 0 Å². The third-order valence-corrected chi connectivity index (χ3v) is 14.5. The summed E-state index contributed by atoms with van der Waals surface area (Å²) >= 11 is 0. The van der Waals surface area contributed by atoms with Crippen LogP contribution in [0.25, 0.3) is 60.9 Å². The van der Waals surface area contributed by atoms with Crippen molar-refractivity contribution in [1.82, 2.24) is 4.57 Å². The summed E-state index contributed by atoms with van der Waals surface area (Å²) in [4.78, 5) is 2.46. The summed E-state index contributed by atoms with van der Waals surface area (Å²) in [6.07, 6.45) is 0. The van der Waals surface area contributed by atoms with Gasteiger partial charge in [0.1, 0.15) is 0 Å². The van der Waals surface area contributed by atoms with E-state index in [1.54, 1.807) is 0 Å². The number of anilines is 3. The highest BCUT2D eigenvalue weighted by Crippen LogP contribution is 2.57. The summed E-state index contributed by atoms with van der Waals surface area (Å²) in [6, 6.07) is 91.5. The zero-order valence-corrected chi connectivity index (χ0v) is 36.8. The minimum atomic E-state index is -0.461. The number of nitrogens with zero attached hydrogens (tertiary/aromatic N) is 2. The highest BCUT2D eigenvalue weighted by atomic mass is 15.1. The Morgan fingerprint density at radius 2 is 0.955 bits per heavy atom. The van der Waals surface area contributed by atoms with Gasteiger partial charge in [-0.15, -0.1) is 0 Å². The minimum Gasteiger partial charge on any atom is -0.310 e. The van der Waals surface area contributed by atoms with Crippen molar-refractivity contribution in [3.8, 4) is 39.1 Å². The smallest absolute Gasteiger partial charge is 0.0713 e. The maximum absolute atomic E-state index is 3.36. The van der Waals surface area contributed by atoms with Crippen LogP contribution in [0.3, 0.4) is 0 Å². The highest BCUT2D eigenvalue weighted by Gasteiger charge is 2.46. The van der Waals surface area contributed by atoms with Gasteiger partial charge in [0, 0.05) is 33.6 Å². The average molecular weight is 841 g/mol. The van der Waals surface area contributed by atoms with Gasteiger partial charge in [0.15, 0.2) is 0 Å². The molecule has 0 fully saturated rings. The molecule has 0 bridgehead atoms. The molecule has 10 aromatic carbocycles. The quantitative estimate of drug-likeness (QED) is 0.155. The fourth-order valence-corrected chi connectivity index (χ4v) is 11.5. The van der Waals surface area contributed by atoms with Gasteiger partial charge in [-0.25, -0.2) is 0 Å². The van der Waals surface area contributed by atoms with Gasteiger partial charge in [-0.05, 0) is 133 Å². The number of hydrogen-bond acceptors (Lipinski definition) is 1. The molecule has 66 heavy (non-hydrogen) atoms. The molecule has 2 nitrogen and oxygen atoms in total.